The lowest BCUT2D eigenvalue weighted by Gasteiger charge is -2.16. The lowest BCUT2D eigenvalue weighted by atomic mass is 10.3. The third kappa shape index (κ3) is 5.43. The molecule has 0 fully saturated rings. The molecule has 3 aromatic rings. The van der Waals surface area contributed by atoms with Crippen LogP contribution in [0.15, 0.2) is 27.8 Å². The van der Waals surface area contributed by atoms with Gasteiger partial charge in [-0.25, -0.2) is 9.78 Å². The quantitative estimate of drug-likeness (QED) is 0.420. The van der Waals surface area contributed by atoms with Gasteiger partial charge >= 0.3 is 5.69 Å². The van der Waals surface area contributed by atoms with Crippen LogP contribution in [0.3, 0.4) is 0 Å². The fourth-order valence-corrected chi connectivity index (χ4v) is 4.10. The smallest absolute Gasteiger partial charge is 0.332 e. The molecule has 1 aromatic carbocycles. The summed E-state index contributed by atoms with van der Waals surface area (Å²) in [4.78, 5) is 30.9. The Labute approximate surface area is 200 Å². The number of aryl methyl sites for hydroxylation is 2. The van der Waals surface area contributed by atoms with E-state index in [1.54, 1.807) is 16.7 Å². The molecule has 0 aliphatic carbocycles. The van der Waals surface area contributed by atoms with E-state index in [1.165, 1.54) is 10.6 Å². The molecule has 2 heterocycles. The molecule has 0 radical (unpaired) electrons. The largest absolute Gasteiger partial charge is 0.489 e. The lowest BCUT2D eigenvalue weighted by Crippen LogP contribution is -2.44. The average Bonchev–Trinajstić information content (AvgIpc) is 3.14. The molecule has 1 atom stereocenters. The zero-order valence-electron chi connectivity index (χ0n) is 18.6. The average molecular weight is 499 g/mol. The Hall–Kier alpha value is -2.33. The summed E-state index contributed by atoms with van der Waals surface area (Å²) < 4.78 is 9.65. The number of ether oxygens (including phenoxy) is 1. The van der Waals surface area contributed by atoms with Crippen molar-refractivity contribution in [3.05, 3.63) is 54.9 Å². The van der Waals surface area contributed by atoms with Gasteiger partial charge in [0.05, 0.1) is 11.6 Å². The SMILES string of the molecule is CCCCn1c(=O)n(CC(O)COc2ccc(Cl)cc2Cl)c(=O)c2c1nc(CO)n2CCC. The number of hydrogen-bond donors (Lipinski definition) is 2. The van der Waals surface area contributed by atoms with Crippen LogP contribution in [-0.2, 0) is 26.2 Å². The number of fused-ring (bicyclic) bond motifs is 1. The van der Waals surface area contributed by atoms with Gasteiger partial charge in [0, 0.05) is 18.1 Å². The Balaban J connectivity index is 1.99. The van der Waals surface area contributed by atoms with E-state index in [0.717, 1.165) is 11.0 Å². The first-order valence-corrected chi connectivity index (χ1v) is 11.7. The van der Waals surface area contributed by atoms with Crippen molar-refractivity contribution >= 4 is 34.4 Å². The van der Waals surface area contributed by atoms with Crippen molar-refractivity contribution in [2.45, 2.75) is 65.5 Å². The fourth-order valence-electron chi connectivity index (χ4n) is 3.64. The number of aromatic nitrogens is 4. The van der Waals surface area contributed by atoms with Crippen LogP contribution in [0.1, 0.15) is 38.9 Å². The van der Waals surface area contributed by atoms with E-state index in [2.05, 4.69) is 4.98 Å². The van der Waals surface area contributed by atoms with Crippen LogP contribution in [0, 0.1) is 0 Å². The third-order valence-corrected chi connectivity index (χ3v) is 5.77. The number of halogens is 2. The summed E-state index contributed by atoms with van der Waals surface area (Å²) in [5.74, 6) is 0.657. The van der Waals surface area contributed by atoms with Crippen molar-refractivity contribution < 1.29 is 14.9 Å². The number of unbranched alkanes of at least 4 members (excludes halogenated alkanes) is 1. The third-order valence-electron chi connectivity index (χ3n) is 5.24. The number of nitrogens with zero attached hydrogens (tertiary/aromatic N) is 4. The lowest BCUT2D eigenvalue weighted by molar-refractivity contribution is 0.0902. The number of aliphatic hydroxyl groups excluding tert-OH is 2. The van der Waals surface area contributed by atoms with Gasteiger partial charge in [0.2, 0.25) is 0 Å². The number of hydrogen-bond acceptors (Lipinski definition) is 6. The molecule has 0 aliphatic heterocycles. The Bertz CT molecular complexity index is 1230. The predicted molar refractivity (Wildman–Crippen MR) is 127 cm³/mol. The molecule has 2 N–H and O–H groups in total. The van der Waals surface area contributed by atoms with Crippen molar-refractivity contribution in [3.8, 4) is 5.75 Å². The maximum atomic E-state index is 13.3. The minimum absolute atomic E-state index is 0.184. The van der Waals surface area contributed by atoms with Gasteiger partial charge in [-0.05, 0) is 31.0 Å². The van der Waals surface area contributed by atoms with E-state index in [4.69, 9.17) is 27.9 Å². The molecular weight excluding hydrogens is 471 g/mol. The summed E-state index contributed by atoms with van der Waals surface area (Å²) in [5, 5.41) is 21.0. The second kappa shape index (κ2) is 11.2. The number of imidazole rings is 1. The Morgan fingerprint density at radius 3 is 2.48 bits per heavy atom. The van der Waals surface area contributed by atoms with Crippen molar-refractivity contribution in [1.82, 2.24) is 18.7 Å². The van der Waals surface area contributed by atoms with Gasteiger partial charge in [-0.2, -0.15) is 0 Å². The van der Waals surface area contributed by atoms with E-state index in [-0.39, 0.29) is 35.9 Å². The molecule has 3 rings (SSSR count). The first-order chi connectivity index (χ1) is 15.8. The zero-order valence-corrected chi connectivity index (χ0v) is 20.1. The van der Waals surface area contributed by atoms with E-state index < -0.39 is 17.4 Å². The van der Waals surface area contributed by atoms with E-state index in [9.17, 15) is 19.8 Å². The minimum Gasteiger partial charge on any atom is -0.489 e. The van der Waals surface area contributed by atoms with E-state index >= 15 is 0 Å². The van der Waals surface area contributed by atoms with Gasteiger partial charge in [-0.3, -0.25) is 13.9 Å². The number of benzene rings is 1. The molecule has 0 saturated heterocycles. The second-order valence-electron chi connectivity index (χ2n) is 7.75. The first kappa shape index (κ1) is 25.3. The van der Waals surface area contributed by atoms with Crippen LogP contribution in [0.25, 0.3) is 11.2 Å². The topological polar surface area (TPSA) is 112 Å². The van der Waals surface area contributed by atoms with Crippen molar-refractivity contribution in [2.75, 3.05) is 6.61 Å². The van der Waals surface area contributed by atoms with Crippen LogP contribution in [0.2, 0.25) is 10.0 Å². The Morgan fingerprint density at radius 2 is 1.85 bits per heavy atom. The van der Waals surface area contributed by atoms with Gasteiger partial charge < -0.3 is 19.5 Å². The summed E-state index contributed by atoms with van der Waals surface area (Å²) in [6.07, 6.45) is 1.11. The highest BCUT2D eigenvalue weighted by Gasteiger charge is 2.22. The van der Waals surface area contributed by atoms with Crippen LogP contribution in [0.5, 0.6) is 5.75 Å². The van der Waals surface area contributed by atoms with Crippen molar-refractivity contribution in [1.29, 1.82) is 0 Å². The van der Waals surface area contributed by atoms with Crippen molar-refractivity contribution in [2.24, 2.45) is 0 Å². The summed E-state index contributed by atoms with van der Waals surface area (Å²) in [7, 11) is 0. The zero-order chi connectivity index (χ0) is 24.1. The van der Waals surface area contributed by atoms with Crippen LogP contribution >= 0.6 is 23.2 Å². The highest BCUT2D eigenvalue weighted by Crippen LogP contribution is 2.27. The van der Waals surface area contributed by atoms with Gasteiger partial charge in [0.1, 0.15) is 30.9 Å². The fraction of sp³-hybridized carbons (Fsp3) is 0.500. The minimum atomic E-state index is -1.15. The predicted octanol–water partition coefficient (Wildman–Crippen LogP) is 2.81. The molecule has 0 spiro atoms. The molecule has 0 saturated carbocycles. The van der Waals surface area contributed by atoms with Gasteiger partial charge in [-0.15, -0.1) is 0 Å². The highest BCUT2D eigenvalue weighted by atomic mass is 35.5. The maximum absolute atomic E-state index is 13.3. The summed E-state index contributed by atoms with van der Waals surface area (Å²) >= 11 is 12.0. The first-order valence-electron chi connectivity index (χ1n) is 10.9. The van der Waals surface area contributed by atoms with Crippen LogP contribution in [0.4, 0.5) is 0 Å². The Kier molecular flexibility index (Phi) is 8.58. The van der Waals surface area contributed by atoms with Gasteiger partial charge in [-0.1, -0.05) is 43.5 Å². The molecule has 9 nitrogen and oxygen atoms in total. The van der Waals surface area contributed by atoms with E-state index in [0.29, 0.717) is 42.5 Å². The van der Waals surface area contributed by atoms with E-state index in [1.807, 2.05) is 13.8 Å². The monoisotopic (exact) mass is 498 g/mol. The van der Waals surface area contributed by atoms with Crippen molar-refractivity contribution in [3.63, 3.8) is 0 Å². The molecule has 2 aromatic heterocycles. The summed E-state index contributed by atoms with van der Waals surface area (Å²) in [6, 6.07) is 4.70. The molecule has 11 heteroatoms. The molecule has 33 heavy (non-hydrogen) atoms. The molecular formula is C22H28Cl2N4O5. The second-order valence-corrected chi connectivity index (χ2v) is 8.60. The number of aliphatic hydroxyl groups is 2. The Morgan fingerprint density at radius 1 is 1.09 bits per heavy atom. The van der Waals surface area contributed by atoms with Crippen LogP contribution in [-0.4, -0.2) is 41.6 Å². The summed E-state index contributed by atoms with van der Waals surface area (Å²) in [6.45, 7) is 3.97. The molecule has 0 amide bonds. The molecule has 0 aliphatic rings. The van der Waals surface area contributed by atoms with Gasteiger partial charge in [0.15, 0.2) is 11.2 Å². The molecule has 180 valence electrons. The molecule has 0 bridgehead atoms. The van der Waals surface area contributed by atoms with Crippen LogP contribution < -0.4 is 16.0 Å². The standard InChI is InChI=1S/C22H28Cl2N4O5/c1-3-5-9-27-20-19(26(8-4-2)18(12-29)25-20)21(31)28(22(27)32)11-15(30)13-33-17-7-6-14(23)10-16(17)24/h6-7,10,15,29-30H,3-5,8-9,11-13H2,1-2H3. The number of rotatable bonds is 11. The summed E-state index contributed by atoms with van der Waals surface area (Å²) in [5.41, 5.74) is -0.626. The molecule has 1 unspecified atom stereocenters. The maximum Gasteiger partial charge on any atom is 0.332 e. The highest BCUT2D eigenvalue weighted by molar-refractivity contribution is 6.35. The van der Waals surface area contributed by atoms with Gasteiger partial charge in [0.25, 0.3) is 5.56 Å². The normalized spacial score (nSPS) is 12.4.